The van der Waals surface area contributed by atoms with Crippen LogP contribution in [0.25, 0.3) is 0 Å². The van der Waals surface area contributed by atoms with Gasteiger partial charge in [-0.05, 0) is 5.56 Å². The first kappa shape index (κ1) is 16.8. The largest absolute Gasteiger partial charge is 0.477 e. The number of rotatable bonds is 4. The number of hydrogen-bond donors (Lipinski definition) is 3. The first-order valence-electron chi connectivity index (χ1n) is 7.09. The van der Waals surface area contributed by atoms with Crippen LogP contribution in [0.5, 0.6) is 0 Å². The molecule has 2 aliphatic rings. The lowest BCUT2D eigenvalue weighted by molar-refractivity contribution is -0.150. The van der Waals surface area contributed by atoms with Crippen molar-refractivity contribution >= 4 is 41.1 Å². The zero-order valence-electron chi connectivity index (χ0n) is 12.3. The number of nitrogens with one attached hydrogen (secondary N) is 1. The number of carboxylic acid groups (broad SMARTS) is 1. The fourth-order valence-electron chi connectivity index (χ4n) is 2.64. The predicted molar refractivity (Wildman–Crippen MR) is 88.9 cm³/mol. The van der Waals surface area contributed by atoms with Crippen molar-refractivity contribution in [2.24, 2.45) is 5.73 Å². The van der Waals surface area contributed by atoms with E-state index in [4.69, 9.17) is 17.3 Å². The van der Waals surface area contributed by atoms with Crippen LogP contribution in [0.1, 0.15) is 11.6 Å². The molecule has 0 saturated carbocycles. The Morgan fingerprint density at radius 1 is 1.38 bits per heavy atom. The van der Waals surface area contributed by atoms with E-state index in [9.17, 15) is 19.5 Å². The topological polar surface area (TPSA) is 113 Å². The summed E-state index contributed by atoms with van der Waals surface area (Å²) in [4.78, 5) is 36.9. The molecule has 0 radical (unpaired) electrons. The minimum absolute atomic E-state index is 0.114. The minimum Gasteiger partial charge on any atom is -0.477 e. The second-order valence-electron chi connectivity index (χ2n) is 5.34. The van der Waals surface area contributed by atoms with Crippen LogP contribution >= 0.6 is 23.4 Å². The predicted octanol–water partition coefficient (Wildman–Crippen LogP) is 0.621. The first-order valence-corrected chi connectivity index (χ1v) is 8.52. The number of fused-ring (bicyclic) bond motifs is 1. The zero-order chi connectivity index (χ0) is 17.4. The Labute approximate surface area is 146 Å². The molecule has 2 amide bonds. The van der Waals surface area contributed by atoms with Crippen LogP contribution in [0.2, 0.25) is 0 Å². The highest BCUT2D eigenvalue weighted by atomic mass is 35.5. The summed E-state index contributed by atoms with van der Waals surface area (Å²) in [5.41, 5.74) is 6.32. The molecule has 4 N–H and O–H groups in total. The van der Waals surface area contributed by atoms with Crippen LogP contribution in [-0.4, -0.2) is 45.0 Å². The Hall–Kier alpha value is -2.03. The van der Waals surface area contributed by atoms with E-state index in [2.05, 4.69) is 5.32 Å². The number of carbonyl (C=O) groups excluding carboxylic acids is 2. The van der Waals surface area contributed by atoms with Gasteiger partial charge in [0.15, 0.2) is 0 Å². The zero-order valence-corrected chi connectivity index (χ0v) is 13.9. The molecule has 2 heterocycles. The number of carboxylic acids is 1. The van der Waals surface area contributed by atoms with Gasteiger partial charge in [-0.2, -0.15) is 0 Å². The Morgan fingerprint density at radius 2 is 2.04 bits per heavy atom. The van der Waals surface area contributed by atoms with E-state index >= 15 is 0 Å². The minimum atomic E-state index is -1.26. The summed E-state index contributed by atoms with van der Waals surface area (Å²) in [6, 6.07) is 7.07. The van der Waals surface area contributed by atoms with E-state index in [1.54, 1.807) is 24.3 Å². The summed E-state index contributed by atoms with van der Waals surface area (Å²) < 4.78 is 0. The number of benzene rings is 1. The summed E-state index contributed by atoms with van der Waals surface area (Å²) in [5.74, 6) is -1.98. The molecule has 1 aromatic carbocycles. The SMILES string of the molecule is NC(C(=O)N[C@@H]1C(=O)N2C(C(=O)O)=C(Cl)CS[C@H]12)c1ccccc1. The van der Waals surface area contributed by atoms with E-state index in [0.29, 0.717) is 5.56 Å². The molecule has 3 atom stereocenters. The van der Waals surface area contributed by atoms with Crippen molar-refractivity contribution in [2.45, 2.75) is 17.5 Å². The van der Waals surface area contributed by atoms with E-state index in [0.717, 1.165) is 4.90 Å². The molecule has 1 unspecified atom stereocenters. The van der Waals surface area contributed by atoms with Crippen LogP contribution in [0.4, 0.5) is 0 Å². The number of carbonyl (C=O) groups is 3. The number of nitrogens with zero attached hydrogens (tertiary/aromatic N) is 1. The lowest BCUT2D eigenvalue weighted by Crippen LogP contribution is -2.70. The van der Waals surface area contributed by atoms with Gasteiger partial charge < -0.3 is 16.2 Å². The average Bonchev–Trinajstić information content (AvgIpc) is 2.59. The maximum absolute atomic E-state index is 12.3. The fraction of sp³-hybridized carbons (Fsp3) is 0.267. The average molecular weight is 368 g/mol. The van der Waals surface area contributed by atoms with Crippen molar-refractivity contribution < 1.29 is 19.5 Å². The number of β-lactam (4-membered cyclic amide) rings is 1. The third kappa shape index (κ3) is 2.77. The molecule has 1 fully saturated rings. The van der Waals surface area contributed by atoms with Gasteiger partial charge in [-0.3, -0.25) is 14.5 Å². The molecule has 1 saturated heterocycles. The van der Waals surface area contributed by atoms with E-state index in [-0.39, 0.29) is 16.5 Å². The molecule has 0 aromatic heterocycles. The molecule has 7 nitrogen and oxygen atoms in total. The quantitative estimate of drug-likeness (QED) is 0.672. The van der Waals surface area contributed by atoms with E-state index < -0.39 is 35.2 Å². The molecule has 0 aliphatic carbocycles. The van der Waals surface area contributed by atoms with Gasteiger partial charge in [-0.1, -0.05) is 41.9 Å². The summed E-state index contributed by atoms with van der Waals surface area (Å²) in [6.07, 6.45) is 0. The lowest BCUT2D eigenvalue weighted by Gasteiger charge is -2.48. The molecule has 24 heavy (non-hydrogen) atoms. The summed E-state index contributed by atoms with van der Waals surface area (Å²) in [6.45, 7) is 0. The third-order valence-corrected chi connectivity index (χ3v) is 5.61. The first-order chi connectivity index (χ1) is 11.4. The Kier molecular flexibility index (Phi) is 4.53. The molecule has 2 aliphatic heterocycles. The highest BCUT2D eigenvalue weighted by Crippen LogP contribution is 2.41. The van der Waals surface area contributed by atoms with Crippen molar-refractivity contribution in [3.63, 3.8) is 0 Å². The van der Waals surface area contributed by atoms with Gasteiger partial charge in [0, 0.05) is 5.75 Å². The van der Waals surface area contributed by atoms with Gasteiger partial charge in [0.1, 0.15) is 23.2 Å². The summed E-state index contributed by atoms with van der Waals surface area (Å²) >= 11 is 7.20. The standard InChI is InChI=1S/C15H14ClN3O4S/c16-8-6-24-14-10(13(21)19(14)11(8)15(22)23)18-12(20)9(17)7-4-2-1-3-5-7/h1-5,9-10,14H,6,17H2,(H,18,20)(H,22,23)/t9?,10-,14-/m1/s1. The summed E-state index contributed by atoms with van der Waals surface area (Å²) in [7, 11) is 0. The van der Waals surface area contributed by atoms with Gasteiger partial charge in [0.25, 0.3) is 5.91 Å². The second kappa shape index (κ2) is 6.46. The number of amides is 2. The normalized spacial score (nSPS) is 24.1. The van der Waals surface area contributed by atoms with E-state index in [1.807, 2.05) is 6.07 Å². The van der Waals surface area contributed by atoms with Gasteiger partial charge >= 0.3 is 5.97 Å². The monoisotopic (exact) mass is 367 g/mol. The van der Waals surface area contributed by atoms with E-state index in [1.165, 1.54) is 11.8 Å². The maximum Gasteiger partial charge on any atom is 0.353 e. The van der Waals surface area contributed by atoms with Gasteiger partial charge in [0.2, 0.25) is 5.91 Å². The number of halogens is 1. The van der Waals surface area contributed by atoms with Crippen LogP contribution in [0, 0.1) is 0 Å². The highest BCUT2D eigenvalue weighted by Gasteiger charge is 2.54. The van der Waals surface area contributed by atoms with Gasteiger partial charge in [-0.15, -0.1) is 11.8 Å². The molecule has 9 heteroatoms. The summed E-state index contributed by atoms with van der Waals surface area (Å²) in [5, 5.41) is 11.4. The molecular formula is C15H14ClN3O4S. The van der Waals surface area contributed by atoms with Crippen molar-refractivity contribution in [3.05, 3.63) is 46.6 Å². The molecular weight excluding hydrogens is 354 g/mol. The molecule has 3 rings (SSSR count). The lowest BCUT2D eigenvalue weighted by atomic mass is 10.0. The third-order valence-electron chi connectivity index (χ3n) is 3.86. The van der Waals surface area contributed by atoms with Crippen LogP contribution in [0.3, 0.4) is 0 Å². The Morgan fingerprint density at radius 3 is 2.67 bits per heavy atom. The fourth-order valence-corrected chi connectivity index (χ4v) is 4.19. The second-order valence-corrected chi connectivity index (χ2v) is 6.90. The van der Waals surface area contributed by atoms with Crippen LogP contribution < -0.4 is 11.1 Å². The van der Waals surface area contributed by atoms with Crippen LogP contribution in [-0.2, 0) is 14.4 Å². The van der Waals surface area contributed by atoms with Crippen molar-refractivity contribution in [2.75, 3.05) is 5.75 Å². The maximum atomic E-state index is 12.3. The molecule has 1 aromatic rings. The van der Waals surface area contributed by atoms with Gasteiger partial charge in [-0.25, -0.2) is 4.79 Å². The molecule has 0 spiro atoms. The number of aliphatic carboxylic acids is 1. The Bertz CT molecular complexity index is 739. The van der Waals surface area contributed by atoms with Crippen LogP contribution in [0.15, 0.2) is 41.1 Å². The number of hydrogen-bond acceptors (Lipinski definition) is 5. The smallest absolute Gasteiger partial charge is 0.353 e. The van der Waals surface area contributed by atoms with Gasteiger partial charge in [0.05, 0.1) is 5.03 Å². The number of nitrogens with two attached hydrogens (primary N) is 1. The van der Waals surface area contributed by atoms with Crippen molar-refractivity contribution in [3.8, 4) is 0 Å². The molecule has 0 bridgehead atoms. The highest BCUT2D eigenvalue weighted by molar-refractivity contribution is 8.00. The molecule has 126 valence electrons. The number of thioether (sulfide) groups is 1. The van der Waals surface area contributed by atoms with Crippen molar-refractivity contribution in [1.82, 2.24) is 10.2 Å². The Balaban J connectivity index is 1.71. The van der Waals surface area contributed by atoms with Crippen molar-refractivity contribution in [1.29, 1.82) is 0 Å².